The van der Waals surface area contributed by atoms with E-state index in [0.29, 0.717) is 39.3 Å². The average Bonchev–Trinajstić information content (AvgIpc) is 2.54. The molecule has 1 aliphatic rings. The predicted octanol–water partition coefficient (Wildman–Crippen LogP) is 1.39. The second-order valence-electron chi connectivity index (χ2n) is 5.34. The summed E-state index contributed by atoms with van der Waals surface area (Å²) in [6.45, 7) is 4.89. The Morgan fingerprint density at radius 2 is 2.04 bits per heavy atom. The number of halogens is 1. The summed E-state index contributed by atoms with van der Waals surface area (Å²) in [5.74, 6) is -0.731. The maximum absolute atomic E-state index is 13.6. The molecular weight excluding hydrogens is 321 g/mol. The summed E-state index contributed by atoms with van der Waals surface area (Å²) in [5.41, 5.74) is -0.00797. The van der Waals surface area contributed by atoms with E-state index in [1.807, 2.05) is 11.8 Å². The molecule has 1 aromatic rings. The number of rotatable bonds is 6. The van der Waals surface area contributed by atoms with Crippen molar-refractivity contribution in [3.05, 3.63) is 29.6 Å². The molecule has 6 nitrogen and oxygen atoms in total. The quantitative estimate of drug-likeness (QED) is 0.782. The van der Waals surface area contributed by atoms with Gasteiger partial charge in [-0.25, -0.2) is 12.8 Å². The second kappa shape index (κ2) is 7.84. The van der Waals surface area contributed by atoms with Crippen molar-refractivity contribution in [1.82, 2.24) is 9.21 Å². The van der Waals surface area contributed by atoms with Gasteiger partial charge in [-0.15, -0.1) is 0 Å². The van der Waals surface area contributed by atoms with Gasteiger partial charge in [0.25, 0.3) is 0 Å². The van der Waals surface area contributed by atoms with Crippen molar-refractivity contribution in [2.75, 3.05) is 39.5 Å². The minimum Gasteiger partial charge on any atom is -0.379 e. The van der Waals surface area contributed by atoms with Crippen LogP contribution < -0.4 is 0 Å². The molecule has 8 heteroatoms. The maximum atomic E-state index is 13.6. The average molecular weight is 341 g/mol. The highest BCUT2D eigenvalue weighted by atomic mass is 32.2. The van der Waals surface area contributed by atoms with Crippen LogP contribution in [0.4, 0.5) is 4.39 Å². The standard InChI is InChI=1S/C15H20FN3O3S/c1-2-3-19(12-18-4-6-22-7-5-18)23(20,21)15-9-13(11-17)8-14(16)10-15/h8-10H,2-7,12H2,1H3. The van der Waals surface area contributed by atoms with Gasteiger partial charge in [0.1, 0.15) is 5.82 Å². The molecule has 126 valence electrons. The first-order valence-electron chi connectivity index (χ1n) is 7.48. The number of morpholine rings is 1. The summed E-state index contributed by atoms with van der Waals surface area (Å²) in [4.78, 5) is 1.80. The number of sulfonamides is 1. The Morgan fingerprint density at radius 3 is 2.65 bits per heavy atom. The van der Waals surface area contributed by atoms with Gasteiger partial charge in [-0.3, -0.25) is 4.90 Å². The second-order valence-corrected chi connectivity index (χ2v) is 7.28. The Hall–Kier alpha value is -1.53. The predicted molar refractivity (Wildman–Crippen MR) is 82.6 cm³/mol. The van der Waals surface area contributed by atoms with Crippen LogP contribution in [-0.4, -0.2) is 57.1 Å². The van der Waals surface area contributed by atoms with Gasteiger partial charge in [0.05, 0.1) is 36.4 Å². The number of hydrogen-bond donors (Lipinski definition) is 0. The Morgan fingerprint density at radius 1 is 1.35 bits per heavy atom. The van der Waals surface area contributed by atoms with Gasteiger partial charge in [0.15, 0.2) is 0 Å². The van der Waals surface area contributed by atoms with Crippen LogP contribution in [0.1, 0.15) is 18.9 Å². The van der Waals surface area contributed by atoms with E-state index in [1.165, 1.54) is 10.4 Å². The summed E-state index contributed by atoms with van der Waals surface area (Å²) in [7, 11) is -3.86. The molecule has 23 heavy (non-hydrogen) atoms. The summed E-state index contributed by atoms with van der Waals surface area (Å²) >= 11 is 0. The molecule has 0 saturated carbocycles. The van der Waals surface area contributed by atoms with Crippen LogP contribution in [0, 0.1) is 17.1 Å². The van der Waals surface area contributed by atoms with Crippen LogP contribution in [0.3, 0.4) is 0 Å². The van der Waals surface area contributed by atoms with E-state index in [-0.39, 0.29) is 17.1 Å². The van der Waals surface area contributed by atoms with E-state index in [2.05, 4.69) is 0 Å². The molecule has 1 fully saturated rings. The van der Waals surface area contributed by atoms with Crippen molar-refractivity contribution < 1.29 is 17.5 Å². The smallest absolute Gasteiger partial charge is 0.244 e. The monoisotopic (exact) mass is 341 g/mol. The molecule has 0 unspecified atom stereocenters. The third-order valence-electron chi connectivity index (χ3n) is 3.57. The zero-order chi connectivity index (χ0) is 16.9. The zero-order valence-electron chi connectivity index (χ0n) is 13.0. The van der Waals surface area contributed by atoms with Crippen LogP contribution in [-0.2, 0) is 14.8 Å². The first-order chi connectivity index (χ1) is 11.0. The van der Waals surface area contributed by atoms with Crippen molar-refractivity contribution in [3.63, 3.8) is 0 Å². The Labute approximate surface area is 136 Å². The Bertz CT molecular complexity index is 682. The van der Waals surface area contributed by atoms with Gasteiger partial charge in [-0.05, 0) is 24.6 Å². The molecule has 0 aromatic heterocycles. The van der Waals surface area contributed by atoms with Crippen LogP contribution in [0.5, 0.6) is 0 Å². The van der Waals surface area contributed by atoms with E-state index in [1.54, 1.807) is 6.07 Å². The fourth-order valence-corrected chi connectivity index (χ4v) is 3.98. The fraction of sp³-hybridized carbons (Fsp3) is 0.533. The van der Waals surface area contributed by atoms with Crippen LogP contribution >= 0.6 is 0 Å². The highest BCUT2D eigenvalue weighted by Crippen LogP contribution is 2.20. The lowest BCUT2D eigenvalue weighted by Gasteiger charge is -2.32. The number of ether oxygens (including phenoxy) is 1. The Kier molecular flexibility index (Phi) is 6.07. The van der Waals surface area contributed by atoms with Gasteiger partial charge in [0.2, 0.25) is 10.0 Å². The summed E-state index contributed by atoms with van der Waals surface area (Å²) in [6.07, 6.45) is 0.643. The normalized spacial score (nSPS) is 16.4. The van der Waals surface area contributed by atoms with E-state index in [9.17, 15) is 12.8 Å². The van der Waals surface area contributed by atoms with E-state index in [4.69, 9.17) is 10.00 Å². The largest absolute Gasteiger partial charge is 0.379 e. The SMILES string of the molecule is CCCN(CN1CCOCC1)S(=O)(=O)c1cc(F)cc(C#N)c1. The molecule has 2 rings (SSSR count). The number of benzene rings is 1. The van der Waals surface area contributed by atoms with Crippen LogP contribution in [0.15, 0.2) is 23.1 Å². The minimum absolute atomic E-state index is 0.00797. The molecule has 0 aliphatic carbocycles. The summed E-state index contributed by atoms with van der Waals surface area (Å²) < 4.78 is 45.8. The molecule has 0 radical (unpaired) electrons. The van der Waals surface area contributed by atoms with Crippen LogP contribution in [0.25, 0.3) is 0 Å². The van der Waals surface area contributed by atoms with Gasteiger partial charge in [0, 0.05) is 19.6 Å². The number of nitriles is 1. The van der Waals surface area contributed by atoms with E-state index >= 15 is 0 Å². The Balaban J connectivity index is 2.28. The van der Waals surface area contributed by atoms with Gasteiger partial charge in [-0.1, -0.05) is 6.92 Å². The lowest BCUT2D eigenvalue weighted by molar-refractivity contribution is 0.0232. The molecule has 1 saturated heterocycles. The molecule has 1 heterocycles. The molecule has 0 bridgehead atoms. The van der Waals surface area contributed by atoms with Crippen molar-refractivity contribution in [3.8, 4) is 6.07 Å². The van der Waals surface area contributed by atoms with Gasteiger partial charge in [-0.2, -0.15) is 9.57 Å². The van der Waals surface area contributed by atoms with E-state index in [0.717, 1.165) is 12.1 Å². The lowest BCUT2D eigenvalue weighted by Crippen LogP contribution is -2.46. The zero-order valence-corrected chi connectivity index (χ0v) is 13.9. The molecule has 0 spiro atoms. The molecule has 0 N–H and O–H groups in total. The summed E-state index contributed by atoms with van der Waals surface area (Å²) in [5, 5.41) is 8.91. The molecule has 1 aliphatic heterocycles. The first kappa shape index (κ1) is 17.8. The highest BCUT2D eigenvalue weighted by molar-refractivity contribution is 7.89. The third-order valence-corrected chi connectivity index (χ3v) is 5.38. The molecule has 1 aromatic carbocycles. The summed E-state index contributed by atoms with van der Waals surface area (Å²) in [6, 6.07) is 4.97. The number of hydrogen-bond acceptors (Lipinski definition) is 5. The first-order valence-corrected chi connectivity index (χ1v) is 8.92. The maximum Gasteiger partial charge on any atom is 0.244 e. The van der Waals surface area contributed by atoms with Crippen molar-refractivity contribution >= 4 is 10.0 Å². The van der Waals surface area contributed by atoms with Crippen LogP contribution in [0.2, 0.25) is 0 Å². The molecule has 0 atom stereocenters. The van der Waals surface area contributed by atoms with Gasteiger partial charge < -0.3 is 4.74 Å². The molecular formula is C15H20FN3O3S. The fourth-order valence-electron chi connectivity index (χ4n) is 2.41. The van der Waals surface area contributed by atoms with Crippen molar-refractivity contribution in [2.45, 2.75) is 18.2 Å². The van der Waals surface area contributed by atoms with E-state index < -0.39 is 15.8 Å². The topological polar surface area (TPSA) is 73.6 Å². The van der Waals surface area contributed by atoms with Crippen molar-refractivity contribution in [2.24, 2.45) is 0 Å². The third kappa shape index (κ3) is 4.48. The number of nitrogens with zero attached hydrogens (tertiary/aromatic N) is 3. The van der Waals surface area contributed by atoms with Gasteiger partial charge >= 0.3 is 0 Å². The highest BCUT2D eigenvalue weighted by Gasteiger charge is 2.27. The lowest BCUT2D eigenvalue weighted by atomic mass is 10.2. The van der Waals surface area contributed by atoms with Crippen molar-refractivity contribution in [1.29, 1.82) is 5.26 Å². The minimum atomic E-state index is -3.86. The molecule has 0 amide bonds.